The SMILES string of the molecule is COc1cc(C(=O)CCC(=O)c2ccc(OC)c(-c3csc4c(F)cccc34)n2)ccc1OCC(F)OC. The van der Waals surface area contributed by atoms with Crippen LogP contribution in [0.5, 0.6) is 17.2 Å². The first-order chi connectivity index (χ1) is 18.4. The van der Waals surface area contributed by atoms with Crippen LogP contribution in [0.3, 0.4) is 0 Å². The summed E-state index contributed by atoms with van der Waals surface area (Å²) in [7, 11) is 4.12. The van der Waals surface area contributed by atoms with Gasteiger partial charge in [-0.1, -0.05) is 12.1 Å². The van der Waals surface area contributed by atoms with Crippen molar-refractivity contribution < 1.29 is 37.3 Å². The molecule has 0 fully saturated rings. The average Bonchev–Trinajstić information content (AvgIpc) is 3.39. The van der Waals surface area contributed by atoms with Gasteiger partial charge < -0.3 is 18.9 Å². The number of hydrogen-bond donors (Lipinski definition) is 0. The van der Waals surface area contributed by atoms with E-state index >= 15 is 0 Å². The molecule has 0 N–H and O–H groups in total. The van der Waals surface area contributed by atoms with Crippen molar-refractivity contribution in [3.63, 3.8) is 0 Å². The third-order valence-electron chi connectivity index (χ3n) is 5.86. The molecular weight excluding hydrogens is 516 g/mol. The molecule has 198 valence electrons. The van der Waals surface area contributed by atoms with Gasteiger partial charge in [0.2, 0.25) is 6.36 Å². The van der Waals surface area contributed by atoms with E-state index in [0.717, 1.165) is 0 Å². The van der Waals surface area contributed by atoms with Crippen LogP contribution in [-0.2, 0) is 4.74 Å². The third kappa shape index (κ3) is 5.81. The lowest BCUT2D eigenvalue weighted by atomic mass is 10.0. The molecule has 0 spiro atoms. The van der Waals surface area contributed by atoms with Gasteiger partial charge in [0.15, 0.2) is 23.1 Å². The van der Waals surface area contributed by atoms with Crippen LogP contribution in [0.2, 0.25) is 0 Å². The predicted molar refractivity (Wildman–Crippen MR) is 140 cm³/mol. The first kappa shape index (κ1) is 27.2. The molecule has 0 aliphatic carbocycles. The molecule has 0 aliphatic rings. The van der Waals surface area contributed by atoms with Gasteiger partial charge in [0.05, 0.1) is 18.9 Å². The summed E-state index contributed by atoms with van der Waals surface area (Å²) in [6.45, 7) is -0.332. The van der Waals surface area contributed by atoms with Crippen LogP contribution in [0, 0.1) is 5.82 Å². The molecule has 2 aromatic carbocycles. The normalized spacial score (nSPS) is 11.8. The number of thiophene rings is 1. The molecule has 0 aliphatic heterocycles. The highest BCUT2D eigenvalue weighted by Crippen LogP contribution is 2.38. The molecular formula is C28H25F2NO6S. The molecule has 4 rings (SSSR count). The Hall–Kier alpha value is -3.89. The van der Waals surface area contributed by atoms with E-state index in [0.29, 0.717) is 32.7 Å². The number of ketones is 2. The molecule has 4 aromatic rings. The highest BCUT2D eigenvalue weighted by atomic mass is 32.1. The van der Waals surface area contributed by atoms with Gasteiger partial charge in [-0.3, -0.25) is 9.59 Å². The number of ether oxygens (including phenoxy) is 4. The maximum atomic E-state index is 14.2. The number of fused-ring (bicyclic) bond motifs is 1. The van der Waals surface area contributed by atoms with E-state index in [9.17, 15) is 18.4 Å². The number of benzene rings is 2. The van der Waals surface area contributed by atoms with Crippen molar-refractivity contribution in [1.29, 1.82) is 0 Å². The molecule has 7 nitrogen and oxygen atoms in total. The number of hydrogen-bond acceptors (Lipinski definition) is 8. The number of alkyl halides is 1. The number of Topliss-reactive ketones (excluding diaryl/α,β-unsaturated/α-hetero) is 2. The van der Waals surface area contributed by atoms with Crippen LogP contribution >= 0.6 is 11.3 Å². The van der Waals surface area contributed by atoms with Gasteiger partial charge in [-0.15, -0.1) is 11.3 Å². The summed E-state index contributed by atoms with van der Waals surface area (Å²) >= 11 is 1.25. The van der Waals surface area contributed by atoms with Crippen LogP contribution in [0.4, 0.5) is 8.78 Å². The minimum Gasteiger partial charge on any atom is -0.494 e. The number of methoxy groups -OCH3 is 3. The minimum atomic E-state index is -1.60. The second-order valence-corrected chi connectivity index (χ2v) is 9.06. The molecule has 10 heteroatoms. The Labute approximate surface area is 221 Å². The number of pyridine rings is 1. The summed E-state index contributed by atoms with van der Waals surface area (Å²) in [6, 6.07) is 12.5. The van der Waals surface area contributed by atoms with Gasteiger partial charge in [-0.25, -0.2) is 13.8 Å². The molecule has 38 heavy (non-hydrogen) atoms. The first-order valence-corrected chi connectivity index (χ1v) is 12.5. The number of rotatable bonds is 12. The van der Waals surface area contributed by atoms with Crippen LogP contribution < -0.4 is 14.2 Å². The standard InChI is InChI=1S/C28H25F2NO6S/c1-34-24-12-8-20(31-27(24)18-15-38-28-17(18)5-4-6-19(28)29)22(33)10-9-21(32)16-7-11-23(25(13-16)35-2)37-14-26(30)36-3/h4-8,11-13,15,26H,9-10,14H2,1-3H3. The van der Waals surface area contributed by atoms with Gasteiger partial charge in [0, 0.05) is 41.8 Å². The van der Waals surface area contributed by atoms with Crippen LogP contribution in [0.1, 0.15) is 33.7 Å². The lowest BCUT2D eigenvalue weighted by Crippen LogP contribution is -2.15. The predicted octanol–water partition coefficient (Wildman–Crippen LogP) is 6.29. The van der Waals surface area contributed by atoms with Gasteiger partial charge in [-0.2, -0.15) is 0 Å². The van der Waals surface area contributed by atoms with Crippen LogP contribution in [0.25, 0.3) is 21.3 Å². The number of nitrogens with zero attached hydrogens (tertiary/aromatic N) is 1. The molecule has 0 radical (unpaired) electrons. The topological polar surface area (TPSA) is 84.0 Å². The molecule has 1 unspecified atom stereocenters. The smallest absolute Gasteiger partial charge is 0.233 e. The summed E-state index contributed by atoms with van der Waals surface area (Å²) in [5, 5.41) is 2.45. The number of halogens is 2. The van der Waals surface area contributed by atoms with E-state index in [1.54, 1.807) is 23.6 Å². The minimum absolute atomic E-state index is 0.0615. The van der Waals surface area contributed by atoms with Gasteiger partial charge in [-0.05, 0) is 36.4 Å². The first-order valence-electron chi connectivity index (χ1n) is 11.6. The van der Waals surface area contributed by atoms with Gasteiger partial charge >= 0.3 is 0 Å². The molecule has 1 atom stereocenters. The zero-order chi connectivity index (χ0) is 27.2. The van der Waals surface area contributed by atoms with E-state index in [-0.39, 0.29) is 54.0 Å². The lowest BCUT2D eigenvalue weighted by molar-refractivity contribution is -0.0361. The molecule has 2 aromatic heterocycles. The van der Waals surface area contributed by atoms with Crippen molar-refractivity contribution in [1.82, 2.24) is 4.98 Å². The fourth-order valence-electron chi connectivity index (χ4n) is 3.85. The zero-order valence-electron chi connectivity index (χ0n) is 21.0. The monoisotopic (exact) mass is 541 g/mol. The third-order valence-corrected chi connectivity index (χ3v) is 6.87. The zero-order valence-corrected chi connectivity index (χ0v) is 21.8. The van der Waals surface area contributed by atoms with Crippen molar-refractivity contribution in [2.45, 2.75) is 19.2 Å². The summed E-state index contributed by atoms with van der Waals surface area (Å²) in [5.41, 5.74) is 1.57. The summed E-state index contributed by atoms with van der Waals surface area (Å²) in [6.07, 6.45) is -1.73. The Morgan fingerprint density at radius 2 is 1.68 bits per heavy atom. The van der Waals surface area contributed by atoms with E-state index < -0.39 is 6.36 Å². The van der Waals surface area contributed by atoms with E-state index in [4.69, 9.17) is 14.2 Å². The van der Waals surface area contributed by atoms with E-state index in [1.165, 1.54) is 63.0 Å². The van der Waals surface area contributed by atoms with Crippen LogP contribution in [-0.4, -0.2) is 50.8 Å². The van der Waals surface area contributed by atoms with Gasteiger partial charge in [0.25, 0.3) is 0 Å². The Bertz CT molecular complexity index is 1470. The highest BCUT2D eigenvalue weighted by molar-refractivity contribution is 7.17. The summed E-state index contributed by atoms with van der Waals surface area (Å²) in [5.74, 6) is 0.0220. The second kappa shape index (κ2) is 12.1. The van der Waals surface area contributed by atoms with Gasteiger partial charge in [0.1, 0.15) is 29.6 Å². The quantitative estimate of drug-likeness (QED) is 0.195. The molecule has 0 saturated heterocycles. The Balaban J connectivity index is 1.49. The van der Waals surface area contributed by atoms with Crippen molar-refractivity contribution in [2.75, 3.05) is 27.9 Å². The lowest BCUT2D eigenvalue weighted by Gasteiger charge is -2.13. The van der Waals surface area contributed by atoms with Crippen molar-refractivity contribution in [3.05, 3.63) is 71.0 Å². The van der Waals surface area contributed by atoms with Crippen molar-refractivity contribution >= 4 is 33.0 Å². The fraction of sp³-hybridized carbons (Fsp3) is 0.250. The fourth-order valence-corrected chi connectivity index (χ4v) is 4.81. The molecule has 0 saturated carbocycles. The number of carbonyl (C=O) groups is 2. The average molecular weight is 542 g/mol. The molecule has 0 amide bonds. The Morgan fingerprint density at radius 1 is 0.947 bits per heavy atom. The Kier molecular flexibility index (Phi) is 8.65. The highest BCUT2D eigenvalue weighted by Gasteiger charge is 2.19. The maximum Gasteiger partial charge on any atom is 0.233 e. The summed E-state index contributed by atoms with van der Waals surface area (Å²) in [4.78, 5) is 30.3. The Morgan fingerprint density at radius 3 is 2.42 bits per heavy atom. The number of carbonyl (C=O) groups excluding carboxylic acids is 2. The molecule has 2 heterocycles. The van der Waals surface area contributed by atoms with Crippen molar-refractivity contribution in [2.24, 2.45) is 0 Å². The molecule has 0 bridgehead atoms. The maximum absolute atomic E-state index is 14.2. The van der Waals surface area contributed by atoms with Crippen molar-refractivity contribution in [3.8, 4) is 28.5 Å². The summed E-state index contributed by atoms with van der Waals surface area (Å²) < 4.78 is 48.6. The van der Waals surface area contributed by atoms with E-state index in [1.807, 2.05) is 0 Å². The second-order valence-electron chi connectivity index (χ2n) is 8.18. The van der Waals surface area contributed by atoms with Crippen LogP contribution in [0.15, 0.2) is 53.9 Å². The largest absolute Gasteiger partial charge is 0.494 e. The number of aromatic nitrogens is 1. The van der Waals surface area contributed by atoms with E-state index in [2.05, 4.69) is 9.72 Å².